The van der Waals surface area contributed by atoms with E-state index in [1.54, 1.807) is 12.1 Å². The maximum atomic E-state index is 13.5. The summed E-state index contributed by atoms with van der Waals surface area (Å²) >= 11 is 0. The highest BCUT2D eigenvalue weighted by atomic mass is 19.3. The molecule has 2 aromatic rings. The fourth-order valence-electron chi connectivity index (χ4n) is 5.20. The minimum Gasteiger partial charge on any atom is -0.348 e. The van der Waals surface area contributed by atoms with Gasteiger partial charge in [-0.2, -0.15) is 0 Å². The van der Waals surface area contributed by atoms with Gasteiger partial charge in [0, 0.05) is 50.1 Å². The van der Waals surface area contributed by atoms with Crippen LogP contribution in [0, 0.1) is 19.7 Å². The molecule has 1 aliphatic heterocycles. The number of aromatic nitrogens is 2. The van der Waals surface area contributed by atoms with Crippen LogP contribution in [0.4, 0.5) is 23.8 Å². The lowest BCUT2D eigenvalue weighted by Gasteiger charge is -2.43. The van der Waals surface area contributed by atoms with E-state index < -0.39 is 5.92 Å². The van der Waals surface area contributed by atoms with E-state index in [0.717, 1.165) is 47.5 Å². The van der Waals surface area contributed by atoms with Crippen LogP contribution in [0.1, 0.15) is 63.0 Å². The van der Waals surface area contributed by atoms with E-state index in [1.165, 1.54) is 12.1 Å². The topological polar surface area (TPSA) is 61.4 Å². The van der Waals surface area contributed by atoms with Crippen LogP contribution in [-0.2, 0) is 0 Å². The van der Waals surface area contributed by atoms with Gasteiger partial charge in [0.25, 0.3) is 0 Å². The number of hydrogen-bond acceptors (Lipinski definition) is 4. The molecule has 0 radical (unpaired) electrons. The second-order valence-corrected chi connectivity index (χ2v) is 10.1. The molecule has 196 valence electrons. The summed E-state index contributed by atoms with van der Waals surface area (Å²) in [5.74, 6) is -2.09. The highest BCUT2D eigenvalue weighted by Gasteiger charge is 2.37. The van der Waals surface area contributed by atoms with E-state index in [1.807, 2.05) is 18.7 Å². The third-order valence-electron chi connectivity index (χ3n) is 7.59. The average Bonchev–Trinajstić information content (AvgIpc) is 2.86. The van der Waals surface area contributed by atoms with Crippen molar-refractivity contribution in [1.29, 1.82) is 0 Å². The molecule has 1 N–H and O–H groups in total. The number of unbranched alkanes of at least 4 members (excludes halogenated alkanes) is 1. The van der Waals surface area contributed by atoms with Crippen LogP contribution in [0.25, 0.3) is 11.3 Å². The molecule has 1 atom stereocenters. The number of carbonyl (C=O) groups is 1. The number of nitrogens with zero attached hydrogens (tertiary/aromatic N) is 4. The molecule has 1 aliphatic carbocycles. The molecule has 36 heavy (non-hydrogen) atoms. The lowest BCUT2D eigenvalue weighted by atomic mass is 9.92. The van der Waals surface area contributed by atoms with Crippen LogP contribution < -0.4 is 10.2 Å². The van der Waals surface area contributed by atoms with E-state index in [-0.39, 0.29) is 36.8 Å². The van der Waals surface area contributed by atoms with Gasteiger partial charge in [-0.15, -0.1) is 10.2 Å². The van der Waals surface area contributed by atoms with Gasteiger partial charge < -0.3 is 15.1 Å². The molecule has 1 aromatic carbocycles. The molecule has 2 heterocycles. The number of nitrogens with one attached hydrogen (secondary N) is 1. The van der Waals surface area contributed by atoms with E-state index in [9.17, 15) is 18.0 Å². The van der Waals surface area contributed by atoms with Crippen molar-refractivity contribution in [2.75, 3.05) is 24.5 Å². The first-order valence-electron chi connectivity index (χ1n) is 13.0. The van der Waals surface area contributed by atoms with Crippen LogP contribution in [0.15, 0.2) is 24.3 Å². The highest BCUT2D eigenvalue weighted by molar-refractivity contribution is 5.75. The number of hydrogen-bond donors (Lipinski definition) is 1. The van der Waals surface area contributed by atoms with Gasteiger partial charge >= 0.3 is 6.03 Å². The van der Waals surface area contributed by atoms with Gasteiger partial charge in [-0.1, -0.05) is 19.8 Å². The number of rotatable bonds is 6. The molecule has 2 fully saturated rings. The molecule has 0 bridgehead atoms. The van der Waals surface area contributed by atoms with Crippen molar-refractivity contribution in [2.24, 2.45) is 0 Å². The van der Waals surface area contributed by atoms with Crippen molar-refractivity contribution in [3.8, 4) is 11.3 Å². The Morgan fingerprint density at radius 2 is 1.78 bits per heavy atom. The third kappa shape index (κ3) is 5.93. The highest BCUT2D eigenvalue weighted by Crippen LogP contribution is 2.34. The predicted molar refractivity (Wildman–Crippen MR) is 135 cm³/mol. The predicted octanol–water partition coefficient (Wildman–Crippen LogP) is 5.87. The third-order valence-corrected chi connectivity index (χ3v) is 7.59. The van der Waals surface area contributed by atoms with Gasteiger partial charge in [-0.3, -0.25) is 0 Å². The van der Waals surface area contributed by atoms with Crippen molar-refractivity contribution >= 4 is 11.8 Å². The summed E-state index contributed by atoms with van der Waals surface area (Å²) in [4.78, 5) is 17.1. The van der Waals surface area contributed by atoms with E-state index in [0.29, 0.717) is 32.5 Å². The molecule has 6 nitrogen and oxygen atoms in total. The van der Waals surface area contributed by atoms with E-state index in [4.69, 9.17) is 0 Å². The summed E-state index contributed by atoms with van der Waals surface area (Å²) in [5, 5.41) is 12.1. The zero-order valence-corrected chi connectivity index (χ0v) is 21.4. The first-order valence-corrected chi connectivity index (χ1v) is 13.0. The largest absolute Gasteiger partial charge is 0.348 e. The van der Waals surface area contributed by atoms with Gasteiger partial charge in [-0.25, -0.2) is 18.0 Å². The molecule has 2 amide bonds. The lowest BCUT2D eigenvalue weighted by molar-refractivity contribution is -0.0398. The zero-order valence-electron chi connectivity index (χ0n) is 21.4. The van der Waals surface area contributed by atoms with E-state index in [2.05, 4.69) is 27.3 Å². The quantitative estimate of drug-likeness (QED) is 0.536. The molecule has 4 rings (SSSR count). The Bertz CT molecular complexity index is 1050. The van der Waals surface area contributed by atoms with Gasteiger partial charge in [0.15, 0.2) is 5.82 Å². The van der Waals surface area contributed by atoms with Crippen molar-refractivity contribution in [1.82, 2.24) is 20.4 Å². The maximum absolute atomic E-state index is 13.5. The molecule has 1 saturated heterocycles. The van der Waals surface area contributed by atoms with Crippen LogP contribution in [-0.4, -0.2) is 58.8 Å². The van der Waals surface area contributed by atoms with Gasteiger partial charge in [0.2, 0.25) is 5.92 Å². The van der Waals surface area contributed by atoms with Gasteiger partial charge in [0.1, 0.15) is 5.82 Å². The number of carbonyl (C=O) groups excluding carboxylic acids is 1. The summed E-state index contributed by atoms with van der Waals surface area (Å²) in [6.07, 6.45) is 3.26. The minimum absolute atomic E-state index is 0.0872. The molecular formula is C27H36F3N5O. The molecule has 1 unspecified atom stereocenters. The van der Waals surface area contributed by atoms with Crippen molar-refractivity contribution in [3.63, 3.8) is 0 Å². The zero-order chi connectivity index (χ0) is 25.9. The Hall–Kier alpha value is -2.84. The van der Waals surface area contributed by atoms with Crippen molar-refractivity contribution in [3.05, 3.63) is 41.2 Å². The molecule has 0 spiro atoms. The van der Waals surface area contributed by atoms with Crippen molar-refractivity contribution in [2.45, 2.75) is 83.7 Å². The fraction of sp³-hybridized carbons (Fsp3) is 0.593. The van der Waals surface area contributed by atoms with Crippen LogP contribution in [0.3, 0.4) is 0 Å². The van der Waals surface area contributed by atoms with Crippen LogP contribution in [0.5, 0.6) is 0 Å². The molecule has 2 aliphatic rings. The SMILES string of the molecule is CCCCC1CN(C(=O)NC2CCC(F)(F)CC2)CCN1c1nnc(-c2ccc(F)cc2)c(C)c1C. The molecule has 1 saturated carbocycles. The summed E-state index contributed by atoms with van der Waals surface area (Å²) in [5.41, 5.74) is 3.57. The summed E-state index contributed by atoms with van der Waals surface area (Å²) in [6, 6.07) is 5.98. The number of alkyl halides is 2. The Kier molecular flexibility index (Phi) is 8.05. The maximum Gasteiger partial charge on any atom is 0.317 e. The number of piperazine rings is 1. The minimum atomic E-state index is -2.61. The fourth-order valence-corrected chi connectivity index (χ4v) is 5.20. The Labute approximate surface area is 211 Å². The second-order valence-electron chi connectivity index (χ2n) is 10.1. The lowest BCUT2D eigenvalue weighted by Crippen LogP contribution is -2.58. The van der Waals surface area contributed by atoms with Gasteiger partial charge in [0.05, 0.1) is 5.69 Å². The Morgan fingerprint density at radius 3 is 2.44 bits per heavy atom. The van der Waals surface area contributed by atoms with E-state index >= 15 is 0 Å². The van der Waals surface area contributed by atoms with Crippen molar-refractivity contribution < 1.29 is 18.0 Å². The molecule has 1 aromatic heterocycles. The Balaban J connectivity index is 1.48. The number of anilines is 1. The number of halogens is 3. The van der Waals surface area contributed by atoms with Crippen LogP contribution in [0.2, 0.25) is 0 Å². The first kappa shape index (κ1) is 26.2. The average molecular weight is 504 g/mol. The second kappa shape index (κ2) is 11.0. The monoisotopic (exact) mass is 503 g/mol. The smallest absolute Gasteiger partial charge is 0.317 e. The summed E-state index contributed by atoms with van der Waals surface area (Å²) in [6.45, 7) is 7.87. The summed E-state index contributed by atoms with van der Waals surface area (Å²) in [7, 11) is 0. The number of amides is 2. The standard InChI is InChI=1S/C27H36F3N5O/c1-4-5-6-23-17-34(26(36)31-22-11-13-27(29,30)14-12-22)15-16-35(23)25-19(3)18(2)24(32-33-25)20-7-9-21(28)10-8-20/h7-10,22-23H,4-6,11-17H2,1-3H3,(H,31,36). The molecular weight excluding hydrogens is 467 g/mol. The number of urea groups is 1. The molecule has 9 heteroatoms. The first-order chi connectivity index (χ1) is 17.2. The summed E-state index contributed by atoms with van der Waals surface area (Å²) < 4.78 is 40.4. The Morgan fingerprint density at radius 1 is 1.08 bits per heavy atom. The van der Waals surface area contributed by atoms with Gasteiger partial charge in [-0.05, 0) is 68.5 Å². The van der Waals surface area contributed by atoms with Crippen LogP contribution >= 0.6 is 0 Å². The number of benzene rings is 1. The normalized spacial score (nSPS) is 20.4.